The predicted octanol–water partition coefficient (Wildman–Crippen LogP) is 3.91. The fourth-order valence-corrected chi connectivity index (χ4v) is 2.91. The van der Waals surface area contributed by atoms with Crippen molar-refractivity contribution in [2.45, 2.75) is 19.9 Å². The Labute approximate surface area is 152 Å². The Balaban J connectivity index is 1.72. The average Bonchev–Trinajstić information content (AvgIpc) is 3.09. The van der Waals surface area contributed by atoms with Gasteiger partial charge in [0.2, 0.25) is 0 Å². The molecule has 0 saturated carbocycles. The monoisotopic (exact) mass is 344 g/mol. The summed E-state index contributed by atoms with van der Waals surface area (Å²) in [7, 11) is 1.96. The van der Waals surface area contributed by atoms with E-state index in [1.165, 1.54) is 0 Å². The van der Waals surface area contributed by atoms with E-state index in [0.29, 0.717) is 0 Å². The summed E-state index contributed by atoms with van der Waals surface area (Å²) in [4.78, 5) is 17.8. The van der Waals surface area contributed by atoms with Crippen LogP contribution in [0.25, 0.3) is 22.2 Å². The number of pyridine rings is 1. The number of fused-ring (bicyclic) bond motifs is 1. The van der Waals surface area contributed by atoms with Gasteiger partial charge in [0.25, 0.3) is 0 Å². The summed E-state index contributed by atoms with van der Waals surface area (Å²) in [6, 6.07) is 10.3. The van der Waals surface area contributed by atoms with Gasteiger partial charge in [-0.1, -0.05) is 12.1 Å². The molecule has 3 heterocycles. The van der Waals surface area contributed by atoms with Crippen LogP contribution in [-0.2, 0) is 7.05 Å². The fraction of sp³-hybridized carbons (Fsp3) is 0.200. The van der Waals surface area contributed by atoms with Crippen LogP contribution in [0.3, 0.4) is 0 Å². The van der Waals surface area contributed by atoms with Crippen molar-refractivity contribution in [2.75, 3.05) is 5.32 Å². The lowest BCUT2D eigenvalue weighted by molar-refractivity contribution is 0.839. The molecular formula is C20H20N6. The van der Waals surface area contributed by atoms with Crippen LogP contribution >= 0.6 is 0 Å². The molecule has 0 spiro atoms. The minimum atomic E-state index is 0.0375. The first-order chi connectivity index (χ1) is 12.6. The van der Waals surface area contributed by atoms with Crippen molar-refractivity contribution in [3.63, 3.8) is 0 Å². The normalized spacial score (nSPS) is 12.3. The third kappa shape index (κ3) is 3.13. The number of nitrogens with zero attached hydrogens (tertiary/aromatic N) is 5. The molecule has 3 aromatic heterocycles. The molecule has 1 N–H and O–H groups in total. The second-order valence-corrected chi connectivity index (χ2v) is 6.51. The van der Waals surface area contributed by atoms with Gasteiger partial charge in [-0.05, 0) is 37.6 Å². The van der Waals surface area contributed by atoms with Crippen molar-refractivity contribution in [1.82, 2.24) is 24.5 Å². The van der Waals surface area contributed by atoms with E-state index in [9.17, 15) is 0 Å². The van der Waals surface area contributed by atoms with E-state index in [2.05, 4.69) is 44.3 Å². The summed E-state index contributed by atoms with van der Waals surface area (Å²) in [5.74, 6) is 0.794. The third-order valence-corrected chi connectivity index (χ3v) is 4.36. The number of aromatic nitrogens is 5. The lowest BCUT2D eigenvalue weighted by Gasteiger charge is -2.14. The van der Waals surface area contributed by atoms with Gasteiger partial charge in [0.15, 0.2) is 0 Å². The quantitative estimate of drug-likeness (QED) is 0.608. The number of hydrogen-bond acceptors (Lipinski definition) is 5. The van der Waals surface area contributed by atoms with Gasteiger partial charge >= 0.3 is 0 Å². The van der Waals surface area contributed by atoms with Gasteiger partial charge in [-0.15, -0.1) is 0 Å². The molecule has 1 aromatic carbocycles. The summed E-state index contributed by atoms with van der Waals surface area (Å²) in [6.45, 7) is 4.10. The van der Waals surface area contributed by atoms with Crippen LogP contribution in [0.4, 0.5) is 5.82 Å². The SMILES string of the molecule is Cc1ccc(-c2ccc3ncnc(NC(C)c4cn(C)cn4)c3c2)nc1. The third-order valence-electron chi connectivity index (χ3n) is 4.36. The topological polar surface area (TPSA) is 68.5 Å². The molecule has 130 valence electrons. The molecule has 0 saturated heterocycles. The molecule has 0 aliphatic rings. The molecule has 6 nitrogen and oxygen atoms in total. The van der Waals surface area contributed by atoms with E-state index >= 15 is 0 Å². The van der Waals surface area contributed by atoms with Gasteiger partial charge in [-0.25, -0.2) is 15.0 Å². The number of hydrogen-bond donors (Lipinski definition) is 1. The average molecular weight is 344 g/mol. The highest BCUT2D eigenvalue weighted by Crippen LogP contribution is 2.27. The van der Waals surface area contributed by atoms with Crippen LogP contribution in [0.1, 0.15) is 24.2 Å². The lowest BCUT2D eigenvalue weighted by Crippen LogP contribution is -2.09. The predicted molar refractivity (Wildman–Crippen MR) is 103 cm³/mol. The van der Waals surface area contributed by atoms with Crippen molar-refractivity contribution in [3.8, 4) is 11.3 Å². The van der Waals surface area contributed by atoms with Gasteiger partial charge in [-0.3, -0.25) is 4.98 Å². The molecule has 6 heteroatoms. The maximum absolute atomic E-state index is 4.52. The zero-order valence-electron chi connectivity index (χ0n) is 15.0. The minimum absolute atomic E-state index is 0.0375. The van der Waals surface area contributed by atoms with Crippen LogP contribution in [0, 0.1) is 6.92 Å². The molecule has 4 rings (SSSR count). The van der Waals surface area contributed by atoms with Crippen molar-refractivity contribution >= 4 is 16.7 Å². The fourth-order valence-electron chi connectivity index (χ4n) is 2.91. The Morgan fingerprint density at radius 1 is 1.04 bits per heavy atom. The Hall–Kier alpha value is -3.28. The van der Waals surface area contributed by atoms with Crippen molar-refractivity contribution in [3.05, 3.63) is 66.6 Å². The summed E-state index contributed by atoms with van der Waals surface area (Å²) < 4.78 is 1.94. The number of benzene rings is 1. The number of imidazole rings is 1. The van der Waals surface area contributed by atoms with Gasteiger partial charge < -0.3 is 9.88 Å². The summed E-state index contributed by atoms with van der Waals surface area (Å²) in [5, 5.41) is 4.42. The van der Waals surface area contributed by atoms with Gasteiger partial charge in [0, 0.05) is 30.4 Å². The molecule has 1 unspecified atom stereocenters. The molecule has 1 atom stereocenters. The molecule has 26 heavy (non-hydrogen) atoms. The standard InChI is InChI=1S/C20H20N6/c1-13-4-6-17(21-9-13)15-5-7-18-16(8-15)20(23-11-22-18)25-14(2)19-10-26(3)12-24-19/h4-12,14H,1-3H3,(H,22,23,25). The van der Waals surface area contributed by atoms with Crippen molar-refractivity contribution in [1.29, 1.82) is 0 Å². The van der Waals surface area contributed by atoms with Crippen LogP contribution < -0.4 is 5.32 Å². The van der Waals surface area contributed by atoms with E-state index in [4.69, 9.17) is 0 Å². The first kappa shape index (κ1) is 16.2. The highest BCUT2D eigenvalue weighted by molar-refractivity contribution is 5.92. The molecular weight excluding hydrogens is 324 g/mol. The molecule has 4 aromatic rings. The zero-order valence-corrected chi connectivity index (χ0v) is 15.0. The van der Waals surface area contributed by atoms with Crippen LogP contribution in [0.15, 0.2) is 55.4 Å². The minimum Gasteiger partial charge on any atom is -0.361 e. The van der Waals surface area contributed by atoms with Crippen molar-refractivity contribution < 1.29 is 0 Å². The molecule has 0 bridgehead atoms. The smallest absolute Gasteiger partial charge is 0.137 e. The summed E-state index contributed by atoms with van der Waals surface area (Å²) in [5.41, 5.74) is 4.98. The Kier molecular flexibility index (Phi) is 4.08. The van der Waals surface area contributed by atoms with Crippen LogP contribution in [0.5, 0.6) is 0 Å². The molecule has 0 aliphatic heterocycles. The van der Waals surface area contributed by atoms with E-state index in [1.807, 2.05) is 49.1 Å². The number of anilines is 1. The number of aryl methyl sites for hydroxylation is 2. The maximum atomic E-state index is 4.52. The highest BCUT2D eigenvalue weighted by atomic mass is 15.1. The molecule has 0 amide bonds. The van der Waals surface area contributed by atoms with Crippen molar-refractivity contribution in [2.24, 2.45) is 7.05 Å². The van der Waals surface area contributed by atoms with E-state index in [1.54, 1.807) is 12.7 Å². The number of rotatable bonds is 4. The Morgan fingerprint density at radius 2 is 1.92 bits per heavy atom. The summed E-state index contributed by atoms with van der Waals surface area (Å²) in [6.07, 6.45) is 7.26. The largest absolute Gasteiger partial charge is 0.361 e. The first-order valence-corrected chi connectivity index (χ1v) is 8.52. The molecule has 0 aliphatic carbocycles. The molecule has 0 fully saturated rings. The highest BCUT2D eigenvalue weighted by Gasteiger charge is 2.12. The zero-order chi connectivity index (χ0) is 18.1. The Morgan fingerprint density at radius 3 is 2.65 bits per heavy atom. The van der Waals surface area contributed by atoms with E-state index in [0.717, 1.165) is 39.2 Å². The second-order valence-electron chi connectivity index (χ2n) is 6.51. The van der Waals surface area contributed by atoms with Gasteiger partial charge in [0.05, 0.1) is 29.3 Å². The van der Waals surface area contributed by atoms with Crippen LogP contribution in [0.2, 0.25) is 0 Å². The first-order valence-electron chi connectivity index (χ1n) is 8.52. The van der Waals surface area contributed by atoms with E-state index in [-0.39, 0.29) is 6.04 Å². The lowest BCUT2D eigenvalue weighted by atomic mass is 10.1. The molecule has 0 radical (unpaired) electrons. The number of nitrogens with one attached hydrogen (secondary N) is 1. The van der Waals surface area contributed by atoms with Gasteiger partial charge in [0.1, 0.15) is 12.1 Å². The Bertz CT molecular complexity index is 1050. The summed E-state index contributed by atoms with van der Waals surface area (Å²) >= 11 is 0. The maximum Gasteiger partial charge on any atom is 0.137 e. The van der Waals surface area contributed by atoms with Gasteiger partial charge in [-0.2, -0.15) is 0 Å². The van der Waals surface area contributed by atoms with Crippen LogP contribution in [-0.4, -0.2) is 24.5 Å². The second kappa shape index (κ2) is 6.55. The van der Waals surface area contributed by atoms with E-state index < -0.39 is 0 Å².